The molecule has 0 bridgehead atoms. The van der Waals surface area contributed by atoms with Gasteiger partial charge in [-0.05, 0) is 17.2 Å². The van der Waals surface area contributed by atoms with Gasteiger partial charge in [0, 0.05) is 12.3 Å². The molecule has 0 saturated heterocycles. The van der Waals surface area contributed by atoms with Crippen LogP contribution in [0.2, 0.25) is 0 Å². The highest BCUT2D eigenvalue weighted by Gasteiger charge is 2.11. The van der Waals surface area contributed by atoms with Crippen LogP contribution < -0.4 is 9.47 Å². The first-order chi connectivity index (χ1) is 13.7. The van der Waals surface area contributed by atoms with Gasteiger partial charge in [0.25, 0.3) is 0 Å². The Balaban J connectivity index is 1.47. The highest BCUT2D eigenvalue weighted by atomic mass is 16.7. The fourth-order valence-electron chi connectivity index (χ4n) is 2.18. The number of benzene rings is 2. The molecule has 3 aromatic rings. The predicted octanol–water partition coefficient (Wildman–Crippen LogP) is 4.51. The van der Waals surface area contributed by atoms with Gasteiger partial charge in [-0.1, -0.05) is 60.7 Å². The van der Waals surface area contributed by atoms with E-state index >= 15 is 0 Å². The number of carbonyl (C=O) groups excluding carboxylic acids is 2. The number of nitrogens with zero attached hydrogens (tertiary/aromatic N) is 1. The van der Waals surface area contributed by atoms with Gasteiger partial charge in [0.05, 0.1) is 0 Å². The maximum atomic E-state index is 11.8. The van der Waals surface area contributed by atoms with Crippen LogP contribution >= 0.6 is 0 Å². The van der Waals surface area contributed by atoms with E-state index in [1.165, 1.54) is 18.3 Å². The van der Waals surface area contributed by atoms with E-state index in [1.54, 1.807) is 0 Å². The molecule has 0 aliphatic heterocycles. The van der Waals surface area contributed by atoms with Crippen LogP contribution in [0.1, 0.15) is 11.1 Å². The van der Waals surface area contributed by atoms with Gasteiger partial charge >= 0.3 is 12.3 Å². The Kier molecular flexibility index (Phi) is 6.57. The molecule has 0 atom stereocenters. The molecular formula is C21H17NO6. The minimum Gasteiger partial charge on any atom is -0.429 e. The van der Waals surface area contributed by atoms with Gasteiger partial charge in [-0.2, -0.15) is 0 Å². The van der Waals surface area contributed by atoms with E-state index in [4.69, 9.17) is 18.9 Å². The zero-order valence-corrected chi connectivity index (χ0v) is 14.8. The molecule has 0 unspecified atom stereocenters. The Morgan fingerprint density at radius 1 is 0.714 bits per heavy atom. The van der Waals surface area contributed by atoms with Crippen LogP contribution in [0.25, 0.3) is 0 Å². The SMILES string of the molecule is O=C(OCc1ccccc1)Oc1ccnc(OC(=O)OCc2ccccc2)c1. The van der Waals surface area contributed by atoms with Crippen molar-refractivity contribution in [2.75, 3.05) is 0 Å². The third-order valence-corrected chi connectivity index (χ3v) is 3.49. The Morgan fingerprint density at radius 2 is 1.25 bits per heavy atom. The van der Waals surface area contributed by atoms with Crippen LogP contribution in [0, 0.1) is 0 Å². The average Bonchev–Trinajstić information content (AvgIpc) is 2.72. The van der Waals surface area contributed by atoms with Crippen molar-refractivity contribution in [1.82, 2.24) is 4.98 Å². The van der Waals surface area contributed by atoms with Crippen molar-refractivity contribution >= 4 is 12.3 Å². The Hall–Kier alpha value is -3.87. The van der Waals surface area contributed by atoms with Gasteiger partial charge in [0.15, 0.2) is 0 Å². The lowest BCUT2D eigenvalue weighted by atomic mass is 10.2. The highest BCUT2D eigenvalue weighted by Crippen LogP contribution is 2.18. The largest absolute Gasteiger partial charge is 0.515 e. The topological polar surface area (TPSA) is 84.0 Å². The van der Waals surface area contributed by atoms with Crippen LogP contribution in [0.3, 0.4) is 0 Å². The van der Waals surface area contributed by atoms with Crippen molar-refractivity contribution in [2.24, 2.45) is 0 Å². The third-order valence-electron chi connectivity index (χ3n) is 3.49. The smallest absolute Gasteiger partial charge is 0.429 e. The van der Waals surface area contributed by atoms with Gasteiger partial charge in [-0.15, -0.1) is 0 Å². The summed E-state index contributed by atoms with van der Waals surface area (Å²) in [5, 5.41) is 0. The maximum absolute atomic E-state index is 11.8. The summed E-state index contributed by atoms with van der Waals surface area (Å²) >= 11 is 0. The van der Waals surface area contributed by atoms with Crippen LogP contribution in [0.15, 0.2) is 79.0 Å². The summed E-state index contributed by atoms with van der Waals surface area (Å²) in [6.45, 7) is 0.154. The fourth-order valence-corrected chi connectivity index (χ4v) is 2.18. The second kappa shape index (κ2) is 9.72. The molecule has 142 valence electrons. The standard InChI is InChI=1S/C21H17NO6/c23-20(25-14-16-7-3-1-4-8-16)27-18-11-12-22-19(13-18)28-21(24)26-15-17-9-5-2-6-10-17/h1-13H,14-15H2. The number of ether oxygens (including phenoxy) is 4. The molecule has 7 heteroatoms. The van der Waals surface area contributed by atoms with Crippen molar-refractivity contribution in [2.45, 2.75) is 13.2 Å². The van der Waals surface area contributed by atoms with Gasteiger partial charge < -0.3 is 18.9 Å². The zero-order valence-electron chi connectivity index (χ0n) is 14.8. The first-order valence-electron chi connectivity index (χ1n) is 8.42. The number of carbonyl (C=O) groups is 2. The molecule has 0 radical (unpaired) electrons. The Labute approximate surface area is 161 Å². The molecule has 2 aromatic carbocycles. The van der Waals surface area contributed by atoms with E-state index in [9.17, 15) is 9.59 Å². The second-order valence-electron chi connectivity index (χ2n) is 5.58. The van der Waals surface area contributed by atoms with Crippen LogP contribution in [-0.2, 0) is 22.7 Å². The van der Waals surface area contributed by atoms with Crippen molar-refractivity contribution in [3.05, 3.63) is 90.1 Å². The van der Waals surface area contributed by atoms with Gasteiger partial charge in [-0.3, -0.25) is 0 Å². The van der Waals surface area contributed by atoms with E-state index in [0.29, 0.717) is 0 Å². The number of pyridine rings is 1. The molecule has 1 heterocycles. The lowest BCUT2D eigenvalue weighted by Gasteiger charge is -2.08. The summed E-state index contributed by atoms with van der Waals surface area (Å²) in [6.07, 6.45) is -0.465. The van der Waals surface area contributed by atoms with Crippen LogP contribution in [-0.4, -0.2) is 17.3 Å². The molecule has 7 nitrogen and oxygen atoms in total. The quantitative estimate of drug-likeness (QED) is 0.583. The summed E-state index contributed by atoms with van der Waals surface area (Å²) in [5.41, 5.74) is 1.66. The molecule has 28 heavy (non-hydrogen) atoms. The predicted molar refractivity (Wildman–Crippen MR) is 98.7 cm³/mol. The van der Waals surface area contributed by atoms with E-state index in [1.807, 2.05) is 60.7 Å². The summed E-state index contributed by atoms with van der Waals surface area (Å²) < 4.78 is 20.1. The fraction of sp³-hybridized carbons (Fsp3) is 0.0952. The lowest BCUT2D eigenvalue weighted by Crippen LogP contribution is -2.12. The monoisotopic (exact) mass is 379 g/mol. The first kappa shape index (κ1) is 18.9. The number of hydrogen-bond acceptors (Lipinski definition) is 7. The summed E-state index contributed by atoms with van der Waals surface area (Å²) in [5.74, 6) is 0.0605. The van der Waals surface area contributed by atoms with Gasteiger partial charge in [0.2, 0.25) is 5.88 Å². The minimum atomic E-state index is -0.917. The van der Waals surface area contributed by atoms with Crippen molar-refractivity contribution < 1.29 is 28.5 Å². The molecule has 0 N–H and O–H groups in total. The maximum Gasteiger partial charge on any atom is 0.515 e. The first-order valence-corrected chi connectivity index (χ1v) is 8.42. The molecule has 0 aliphatic carbocycles. The molecule has 0 fully saturated rings. The second-order valence-corrected chi connectivity index (χ2v) is 5.58. The normalized spacial score (nSPS) is 10.0. The van der Waals surface area contributed by atoms with Gasteiger partial charge in [-0.25, -0.2) is 14.6 Å². The molecule has 0 spiro atoms. The van der Waals surface area contributed by atoms with E-state index in [-0.39, 0.29) is 24.8 Å². The summed E-state index contributed by atoms with van der Waals surface area (Å²) in [4.78, 5) is 27.4. The van der Waals surface area contributed by atoms with Crippen LogP contribution in [0.5, 0.6) is 11.6 Å². The molecule has 1 aromatic heterocycles. The molecule has 3 rings (SSSR count). The van der Waals surface area contributed by atoms with E-state index in [2.05, 4.69) is 4.98 Å². The average molecular weight is 379 g/mol. The Morgan fingerprint density at radius 3 is 1.82 bits per heavy atom. The number of aromatic nitrogens is 1. The number of hydrogen-bond donors (Lipinski definition) is 0. The minimum absolute atomic E-state index is 0.0635. The van der Waals surface area contributed by atoms with Crippen molar-refractivity contribution in [3.63, 3.8) is 0 Å². The van der Waals surface area contributed by atoms with Crippen molar-refractivity contribution in [3.8, 4) is 11.6 Å². The van der Waals surface area contributed by atoms with Gasteiger partial charge in [0.1, 0.15) is 19.0 Å². The Bertz CT molecular complexity index is 842. The molecular weight excluding hydrogens is 362 g/mol. The zero-order chi connectivity index (χ0) is 19.6. The van der Waals surface area contributed by atoms with Crippen LogP contribution in [0.4, 0.5) is 9.59 Å². The molecule has 0 saturated carbocycles. The van der Waals surface area contributed by atoms with E-state index < -0.39 is 12.3 Å². The summed E-state index contributed by atoms with van der Waals surface area (Å²) in [7, 11) is 0. The van der Waals surface area contributed by atoms with E-state index in [0.717, 1.165) is 11.1 Å². The molecule has 0 aliphatic rings. The lowest BCUT2D eigenvalue weighted by molar-refractivity contribution is 0.0902. The number of rotatable bonds is 6. The highest BCUT2D eigenvalue weighted by molar-refractivity contribution is 5.65. The van der Waals surface area contributed by atoms with Crippen molar-refractivity contribution in [1.29, 1.82) is 0 Å². The third kappa shape index (κ3) is 6.14. The summed E-state index contributed by atoms with van der Waals surface area (Å²) in [6, 6.07) is 21.1. The molecule has 0 amide bonds.